The van der Waals surface area contributed by atoms with Crippen LogP contribution in [0.3, 0.4) is 0 Å². The van der Waals surface area contributed by atoms with E-state index in [1.54, 1.807) is 6.07 Å². The number of imidazole rings is 1. The number of aromatic nitrogens is 3. The van der Waals surface area contributed by atoms with Gasteiger partial charge in [0.1, 0.15) is 28.7 Å². The molecule has 9 nitrogen and oxygen atoms in total. The number of amides is 1. The SMILES string of the molecule is CCCCc1nc2c(N)nc3ccc(CCCOCCCNC(=O)CCl)cc3c2n1Cc1cc(O)ccc1O. The molecule has 4 aromatic rings. The number of anilines is 1. The molecule has 208 valence electrons. The summed E-state index contributed by atoms with van der Waals surface area (Å²) in [7, 11) is 0. The number of carbonyl (C=O) groups excluding carboxylic acids is 1. The van der Waals surface area contributed by atoms with Gasteiger partial charge in [-0.25, -0.2) is 9.97 Å². The van der Waals surface area contributed by atoms with Crippen LogP contribution in [0, 0.1) is 0 Å². The Morgan fingerprint density at radius 2 is 1.90 bits per heavy atom. The molecule has 0 radical (unpaired) electrons. The molecule has 0 bridgehead atoms. The van der Waals surface area contributed by atoms with Crippen LogP contribution in [0.5, 0.6) is 11.5 Å². The van der Waals surface area contributed by atoms with Crippen LogP contribution in [0.15, 0.2) is 36.4 Å². The number of nitrogens with one attached hydrogen (secondary N) is 1. The molecule has 0 aliphatic heterocycles. The minimum atomic E-state index is -0.170. The number of aromatic hydroxyl groups is 2. The number of hydrogen-bond acceptors (Lipinski definition) is 7. The van der Waals surface area contributed by atoms with Crippen molar-refractivity contribution in [2.24, 2.45) is 0 Å². The summed E-state index contributed by atoms with van der Waals surface area (Å²) >= 11 is 5.47. The van der Waals surface area contributed by atoms with Crippen molar-refractivity contribution in [1.29, 1.82) is 0 Å². The van der Waals surface area contributed by atoms with Gasteiger partial charge in [-0.3, -0.25) is 4.79 Å². The number of fused-ring (bicyclic) bond motifs is 3. The van der Waals surface area contributed by atoms with Crippen molar-refractivity contribution in [3.05, 3.63) is 53.3 Å². The standard InChI is InChI=1S/C29H36ClN5O4/c1-2-3-7-25-34-27-28(35(25)18-20-16-21(36)9-11-24(20)37)22-15-19(8-10-23(22)33-29(27)31)6-4-13-39-14-5-12-32-26(38)17-30/h8-11,15-16,36-37H,2-7,12-14,17-18H2,1H3,(H2,31,33)(H,32,38). The van der Waals surface area contributed by atoms with Crippen LogP contribution in [0.1, 0.15) is 49.6 Å². The van der Waals surface area contributed by atoms with Crippen LogP contribution in [0.25, 0.3) is 21.9 Å². The summed E-state index contributed by atoms with van der Waals surface area (Å²) in [5.74, 6) is 1.26. The Hall–Kier alpha value is -3.56. The van der Waals surface area contributed by atoms with Gasteiger partial charge in [0.25, 0.3) is 0 Å². The third-order valence-corrected chi connectivity index (χ3v) is 6.90. The number of halogens is 1. The Morgan fingerprint density at radius 1 is 1.08 bits per heavy atom. The highest BCUT2D eigenvalue weighted by atomic mass is 35.5. The number of phenols is 2. The fourth-order valence-corrected chi connectivity index (χ4v) is 4.75. The summed E-state index contributed by atoms with van der Waals surface area (Å²) in [6.45, 7) is 4.22. The van der Waals surface area contributed by atoms with Gasteiger partial charge in [-0.05, 0) is 61.6 Å². The monoisotopic (exact) mass is 553 g/mol. The summed E-state index contributed by atoms with van der Waals surface area (Å²) in [5, 5.41) is 24.2. The minimum Gasteiger partial charge on any atom is -0.508 e. The van der Waals surface area contributed by atoms with E-state index < -0.39 is 0 Å². The van der Waals surface area contributed by atoms with Gasteiger partial charge in [0, 0.05) is 37.1 Å². The Labute approximate surface area is 233 Å². The predicted octanol–water partition coefficient (Wildman–Crippen LogP) is 4.66. The summed E-state index contributed by atoms with van der Waals surface area (Å²) in [5.41, 5.74) is 10.4. The van der Waals surface area contributed by atoms with Gasteiger partial charge < -0.3 is 30.6 Å². The number of alkyl halides is 1. The first kappa shape index (κ1) is 28.4. The molecule has 0 aliphatic carbocycles. The maximum absolute atomic E-state index is 11.2. The van der Waals surface area contributed by atoms with Gasteiger partial charge in [0.15, 0.2) is 5.82 Å². The third-order valence-electron chi connectivity index (χ3n) is 6.65. The van der Waals surface area contributed by atoms with E-state index >= 15 is 0 Å². The zero-order chi connectivity index (χ0) is 27.8. The number of ether oxygens (including phenoxy) is 1. The first-order chi connectivity index (χ1) is 18.9. The maximum Gasteiger partial charge on any atom is 0.234 e. The summed E-state index contributed by atoms with van der Waals surface area (Å²) in [6.07, 6.45) is 5.16. The Kier molecular flexibility index (Phi) is 9.84. The molecule has 0 spiro atoms. The van der Waals surface area contributed by atoms with Crippen LogP contribution in [0.2, 0.25) is 0 Å². The number of unbranched alkanes of at least 4 members (excludes halogenated alkanes) is 1. The van der Waals surface area contributed by atoms with Crippen LogP contribution < -0.4 is 11.1 Å². The first-order valence-corrected chi connectivity index (χ1v) is 13.9. The van der Waals surface area contributed by atoms with Crippen LogP contribution in [0.4, 0.5) is 5.82 Å². The number of nitrogens with zero attached hydrogens (tertiary/aromatic N) is 3. The zero-order valence-corrected chi connectivity index (χ0v) is 23.0. The fraction of sp³-hybridized carbons (Fsp3) is 0.414. The summed E-state index contributed by atoms with van der Waals surface area (Å²) in [6, 6.07) is 10.7. The van der Waals surface area contributed by atoms with Gasteiger partial charge in [0.05, 0.1) is 17.6 Å². The highest BCUT2D eigenvalue weighted by Gasteiger charge is 2.19. The van der Waals surface area contributed by atoms with E-state index in [2.05, 4.69) is 33.9 Å². The molecule has 0 unspecified atom stereocenters. The molecule has 0 saturated heterocycles. The van der Waals surface area contributed by atoms with E-state index in [0.717, 1.165) is 66.3 Å². The lowest BCUT2D eigenvalue weighted by atomic mass is 10.1. The minimum absolute atomic E-state index is 0.0276. The molecule has 2 aromatic carbocycles. The highest BCUT2D eigenvalue weighted by molar-refractivity contribution is 6.27. The molecule has 10 heteroatoms. The Morgan fingerprint density at radius 3 is 2.69 bits per heavy atom. The molecular weight excluding hydrogens is 518 g/mol. The number of pyridine rings is 1. The van der Waals surface area contributed by atoms with E-state index in [1.807, 2.05) is 6.07 Å². The number of rotatable bonds is 14. The number of nitrogen functional groups attached to an aromatic ring is 1. The van der Waals surface area contributed by atoms with Crippen molar-refractivity contribution in [3.8, 4) is 11.5 Å². The van der Waals surface area contributed by atoms with E-state index in [4.69, 9.17) is 27.1 Å². The summed E-state index contributed by atoms with van der Waals surface area (Å²) < 4.78 is 7.81. The molecular formula is C29H36ClN5O4. The molecule has 4 rings (SSSR count). The fourth-order valence-electron chi connectivity index (χ4n) is 4.65. The number of benzene rings is 2. The normalized spacial score (nSPS) is 11.4. The Bertz CT molecular complexity index is 1440. The largest absolute Gasteiger partial charge is 0.508 e. The van der Waals surface area contributed by atoms with Crippen molar-refractivity contribution < 1.29 is 19.7 Å². The Balaban J connectivity index is 1.57. The molecule has 5 N–H and O–H groups in total. The molecule has 0 aliphatic rings. The molecule has 2 heterocycles. The van der Waals surface area contributed by atoms with Crippen molar-refractivity contribution in [2.75, 3.05) is 31.4 Å². The second-order valence-corrected chi connectivity index (χ2v) is 9.90. The second-order valence-electron chi connectivity index (χ2n) is 9.63. The van der Waals surface area contributed by atoms with Crippen molar-refractivity contribution >= 4 is 45.3 Å². The topological polar surface area (TPSA) is 136 Å². The number of hydrogen-bond donors (Lipinski definition) is 4. The van der Waals surface area contributed by atoms with Crippen molar-refractivity contribution in [1.82, 2.24) is 19.9 Å². The van der Waals surface area contributed by atoms with Crippen LogP contribution >= 0.6 is 11.6 Å². The molecule has 2 aromatic heterocycles. The molecule has 39 heavy (non-hydrogen) atoms. The first-order valence-electron chi connectivity index (χ1n) is 13.4. The average Bonchev–Trinajstić information content (AvgIpc) is 3.30. The van der Waals surface area contributed by atoms with Crippen LogP contribution in [-0.2, 0) is 28.9 Å². The van der Waals surface area contributed by atoms with Crippen LogP contribution in [-0.4, -0.2) is 56.3 Å². The number of aryl methyl sites for hydroxylation is 2. The van der Waals surface area contributed by atoms with Gasteiger partial charge in [-0.1, -0.05) is 19.4 Å². The molecule has 0 atom stereocenters. The van der Waals surface area contributed by atoms with Gasteiger partial charge in [-0.15, -0.1) is 11.6 Å². The quantitative estimate of drug-likeness (QED) is 0.101. The molecule has 0 fully saturated rings. The van der Waals surface area contributed by atoms with Crippen molar-refractivity contribution in [3.63, 3.8) is 0 Å². The van der Waals surface area contributed by atoms with Gasteiger partial charge >= 0.3 is 0 Å². The number of carbonyl (C=O) groups is 1. The predicted molar refractivity (Wildman–Crippen MR) is 154 cm³/mol. The lowest BCUT2D eigenvalue weighted by molar-refractivity contribution is -0.118. The highest BCUT2D eigenvalue weighted by Crippen LogP contribution is 2.32. The lowest BCUT2D eigenvalue weighted by Gasteiger charge is -2.13. The van der Waals surface area contributed by atoms with E-state index in [0.29, 0.717) is 43.2 Å². The number of phenolic OH excluding ortho intramolecular Hbond substituents is 2. The smallest absolute Gasteiger partial charge is 0.234 e. The third kappa shape index (κ3) is 7.10. The maximum atomic E-state index is 11.2. The zero-order valence-electron chi connectivity index (χ0n) is 22.3. The molecule has 1 amide bonds. The van der Waals surface area contributed by atoms with E-state index in [1.165, 1.54) is 12.1 Å². The van der Waals surface area contributed by atoms with E-state index in [-0.39, 0.29) is 23.3 Å². The van der Waals surface area contributed by atoms with Gasteiger partial charge in [0.2, 0.25) is 5.91 Å². The van der Waals surface area contributed by atoms with E-state index in [9.17, 15) is 15.0 Å². The van der Waals surface area contributed by atoms with Gasteiger partial charge in [-0.2, -0.15) is 0 Å². The molecule has 0 saturated carbocycles. The van der Waals surface area contributed by atoms with Crippen molar-refractivity contribution in [2.45, 2.75) is 52.0 Å². The average molecular weight is 554 g/mol. The lowest BCUT2D eigenvalue weighted by Crippen LogP contribution is -2.26. The number of nitrogens with two attached hydrogens (primary N) is 1. The summed E-state index contributed by atoms with van der Waals surface area (Å²) in [4.78, 5) is 20.7. The second kappa shape index (κ2) is 13.5.